The zero-order valence-corrected chi connectivity index (χ0v) is 17.8. The van der Waals surface area contributed by atoms with E-state index in [0.29, 0.717) is 11.1 Å². The number of aliphatic hydroxyl groups excluding tert-OH is 1. The minimum absolute atomic E-state index is 0.280. The molecule has 0 amide bonds. The van der Waals surface area contributed by atoms with Crippen LogP contribution in [0.2, 0.25) is 0 Å². The lowest BCUT2D eigenvalue weighted by atomic mass is 9.74. The lowest BCUT2D eigenvalue weighted by molar-refractivity contribution is -0.148. The standard InChI is InChI=1S/C24H42O3/c1-6-8-9-10-11-12-13-14-15-16-17-18-20(3)21(4)22(5)24(7-2,19-25)23(26)27/h25H,3-19H2,1-2H3,(H,26,27). The van der Waals surface area contributed by atoms with Gasteiger partial charge in [-0.05, 0) is 36.0 Å². The van der Waals surface area contributed by atoms with E-state index in [2.05, 4.69) is 26.7 Å². The third-order valence-corrected chi connectivity index (χ3v) is 5.73. The molecule has 0 rings (SSSR count). The van der Waals surface area contributed by atoms with Crippen LogP contribution in [-0.2, 0) is 4.79 Å². The van der Waals surface area contributed by atoms with E-state index in [1.165, 1.54) is 57.8 Å². The van der Waals surface area contributed by atoms with Crippen LogP contribution in [0.4, 0.5) is 0 Å². The summed E-state index contributed by atoms with van der Waals surface area (Å²) in [6.45, 7) is 15.5. The first-order valence-electron chi connectivity index (χ1n) is 10.8. The van der Waals surface area contributed by atoms with Crippen molar-refractivity contribution in [3.8, 4) is 0 Å². The molecule has 2 N–H and O–H groups in total. The van der Waals surface area contributed by atoms with E-state index < -0.39 is 18.0 Å². The number of rotatable bonds is 18. The Labute approximate surface area is 167 Å². The maximum atomic E-state index is 11.6. The Morgan fingerprint density at radius 3 is 1.63 bits per heavy atom. The Hall–Kier alpha value is -1.35. The highest BCUT2D eigenvalue weighted by Crippen LogP contribution is 2.37. The van der Waals surface area contributed by atoms with Crippen molar-refractivity contribution in [2.45, 2.75) is 97.3 Å². The molecule has 0 spiro atoms. The van der Waals surface area contributed by atoms with Gasteiger partial charge in [0.25, 0.3) is 0 Å². The molecule has 0 saturated heterocycles. The van der Waals surface area contributed by atoms with Gasteiger partial charge in [0.05, 0.1) is 6.61 Å². The lowest BCUT2D eigenvalue weighted by Gasteiger charge is -2.30. The fraction of sp³-hybridized carbons (Fsp3) is 0.708. The molecular formula is C24H42O3. The second kappa shape index (κ2) is 14.7. The highest BCUT2D eigenvalue weighted by Gasteiger charge is 2.40. The normalized spacial score (nSPS) is 13.1. The number of carbonyl (C=O) groups is 1. The highest BCUT2D eigenvalue weighted by molar-refractivity contribution is 5.81. The maximum absolute atomic E-state index is 11.6. The average Bonchev–Trinajstić information content (AvgIpc) is 2.66. The van der Waals surface area contributed by atoms with Crippen LogP contribution < -0.4 is 0 Å². The van der Waals surface area contributed by atoms with Crippen molar-refractivity contribution in [1.82, 2.24) is 0 Å². The molecule has 0 aromatic carbocycles. The minimum Gasteiger partial charge on any atom is -0.481 e. The summed E-state index contributed by atoms with van der Waals surface area (Å²) in [4.78, 5) is 11.6. The number of hydrogen-bond donors (Lipinski definition) is 2. The quantitative estimate of drug-likeness (QED) is 0.203. The van der Waals surface area contributed by atoms with Crippen molar-refractivity contribution >= 4 is 5.97 Å². The van der Waals surface area contributed by atoms with Crippen LogP contribution in [0.3, 0.4) is 0 Å². The fourth-order valence-corrected chi connectivity index (χ4v) is 3.42. The lowest BCUT2D eigenvalue weighted by Crippen LogP contribution is -2.36. The molecule has 0 aliphatic carbocycles. The van der Waals surface area contributed by atoms with Crippen molar-refractivity contribution in [2.75, 3.05) is 6.61 Å². The Kier molecular flexibility index (Phi) is 13.9. The molecule has 0 aromatic rings. The zero-order valence-electron chi connectivity index (χ0n) is 17.8. The maximum Gasteiger partial charge on any atom is 0.316 e. The molecule has 0 radical (unpaired) electrons. The zero-order chi connectivity index (χ0) is 20.7. The van der Waals surface area contributed by atoms with E-state index >= 15 is 0 Å². The van der Waals surface area contributed by atoms with Crippen LogP contribution in [0.15, 0.2) is 36.5 Å². The molecule has 0 aliphatic rings. The van der Waals surface area contributed by atoms with Crippen LogP contribution in [0.25, 0.3) is 0 Å². The Morgan fingerprint density at radius 2 is 1.26 bits per heavy atom. The monoisotopic (exact) mass is 378 g/mol. The number of carboxylic acids is 1. The van der Waals surface area contributed by atoms with Gasteiger partial charge in [0.2, 0.25) is 0 Å². The van der Waals surface area contributed by atoms with Crippen LogP contribution in [0.1, 0.15) is 97.3 Å². The molecule has 1 unspecified atom stereocenters. The predicted octanol–water partition coefficient (Wildman–Crippen LogP) is 6.83. The summed E-state index contributed by atoms with van der Waals surface area (Å²) in [6, 6.07) is 0. The SMILES string of the molecule is C=C(CCCCCCCCCCCCC)C(=C)C(=C)C(CC)(CO)C(=O)O. The minimum atomic E-state index is -1.35. The summed E-state index contributed by atoms with van der Waals surface area (Å²) in [5.74, 6) is -1.05. The van der Waals surface area contributed by atoms with Gasteiger partial charge in [0.1, 0.15) is 5.41 Å². The highest BCUT2D eigenvalue weighted by atomic mass is 16.4. The van der Waals surface area contributed by atoms with Crippen LogP contribution in [0.5, 0.6) is 0 Å². The van der Waals surface area contributed by atoms with Crippen molar-refractivity contribution in [3.63, 3.8) is 0 Å². The van der Waals surface area contributed by atoms with Gasteiger partial charge >= 0.3 is 5.97 Å². The van der Waals surface area contributed by atoms with E-state index in [1.807, 2.05) is 0 Å². The van der Waals surface area contributed by atoms with Crippen LogP contribution in [0, 0.1) is 5.41 Å². The van der Waals surface area contributed by atoms with Gasteiger partial charge in [-0.2, -0.15) is 0 Å². The first kappa shape index (κ1) is 25.6. The predicted molar refractivity (Wildman–Crippen MR) is 116 cm³/mol. The number of carboxylic acid groups (broad SMARTS) is 1. The largest absolute Gasteiger partial charge is 0.481 e. The molecule has 0 saturated carbocycles. The average molecular weight is 379 g/mol. The summed E-state index contributed by atoms with van der Waals surface area (Å²) in [7, 11) is 0. The topological polar surface area (TPSA) is 57.5 Å². The van der Waals surface area contributed by atoms with E-state index in [1.54, 1.807) is 6.92 Å². The number of allylic oxidation sites excluding steroid dienone is 2. The molecule has 0 heterocycles. The van der Waals surface area contributed by atoms with Crippen LogP contribution >= 0.6 is 0 Å². The number of aliphatic carboxylic acids is 1. The van der Waals surface area contributed by atoms with E-state index in [0.717, 1.165) is 24.8 Å². The van der Waals surface area contributed by atoms with Crippen molar-refractivity contribution in [3.05, 3.63) is 36.5 Å². The van der Waals surface area contributed by atoms with Crippen molar-refractivity contribution in [1.29, 1.82) is 0 Å². The van der Waals surface area contributed by atoms with Gasteiger partial charge in [0, 0.05) is 0 Å². The smallest absolute Gasteiger partial charge is 0.316 e. The Morgan fingerprint density at radius 1 is 0.815 bits per heavy atom. The number of hydrogen-bond acceptors (Lipinski definition) is 2. The summed E-state index contributed by atoms with van der Waals surface area (Å²) >= 11 is 0. The molecule has 0 aliphatic heterocycles. The van der Waals surface area contributed by atoms with Gasteiger partial charge in [-0.1, -0.05) is 97.8 Å². The fourth-order valence-electron chi connectivity index (χ4n) is 3.42. The third kappa shape index (κ3) is 8.92. The van der Waals surface area contributed by atoms with E-state index in [4.69, 9.17) is 0 Å². The molecule has 3 nitrogen and oxygen atoms in total. The molecule has 1 atom stereocenters. The number of unbranched alkanes of at least 4 members (excludes halogenated alkanes) is 10. The Bertz CT molecular complexity index is 472. The van der Waals surface area contributed by atoms with E-state index in [-0.39, 0.29) is 6.42 Å². The van der Waals surface area contributed by atoms with Crippen molar-refractivity contribution < 1.29 is 15.0 Å². The molecule has 27 heavy (non-hydrogen) atoms. The van der Waals surface area contributed by atoms with Crippen molar-refractivity contribution in [2.24, 2.45) is 5.41 Å². The van der Waals surface area contributed by atoms with Crippen LogP contribution in [-0.4, -0.2) is 22.8 Å². The molecule has 0 fully saturated rings. The second-order valence-electron chi connectivity index (χ2n) is 7.75. The molecule has 0 aromatic heterocycles. The summed E-state index contributed by atoms with van der Waals surface area (Å²) < 4.78 is 0. The van der Waals surface area contributed by atoms with Gasteiger partial charge in [-0.25, -0.2) is 0 Å². The van der Waals surface area contributed by atoms with Gasteiger partial charge in [0.15, 0.2) is 0 Å². The molecule has 156 valence electrons. The first-order chi connectivity index (χ1) is 12.9. The molecular weight excluding hydrogens is 336 g/mol. The van der Waals surface area contributed by atoms with Gasteiger partial charge in [-0.3, -0.25) is 4.79 Å². The first-order valence-corrected chi connectivity index (χ1v) is 10.8. The summed E-state index contributed by atoms with van der Waals surface area (Å²) in [5, 5.41) is 19.1. The molecule has 3 heteroatoms. The van der Waals surface area contributed by atoms with Gasteiger partial charge in [-0.15, -0.1) is 0 Å². The molecule has 0 bridgehead atoms. The van der Waals surface area contributed by atoms with Gasteiger partial charge < -0.3 is 10.2 Å². The third-order valence-electron chi connectivity index (χ3n) is 5.73. The summed E-state index contributed by atoms with van der Waals surface area (Å²) in [6.07, 6.45) is 15.3. The second-order valence-corrected chi connectivity index (χ2v) is 7.75. The number of aliphatic hydroxyl groups is 1. The summed E-state index contributed by atoms with van der Waals surface area (Å²) in [5.41, 5.74) is 0.453. The van der Waals surface area contributed by atoms with E-state index in [9.17, 15) is 15.0 Å². The Balaban J connectivity index is 4.03.